The number of imidazole rings is 1. The van der Waals surface area contributed by atoms with Crippen LogP contribution in [0.2, 0.25) is 0 Å². The summed E-state index contributed by atoms with van der Waals surface area (Å²) in [7, 11) is 3.26. The summed E-state index contributed by atoms with van der Waals surface area (Å²) in [5, 5.41) is 2.75. The minimum Gasteiger partial charge on any atom is -0.474 e. The summed E-state index contributed by atoms with van der Waals surface area (Å²) in [5.41, 5.74) is 1.68. The van der Waals surface area contributed by atoms with E-state index in [1.807, 2.05) is 24.3 Å². The third kappa shape index (κ3) is 3.60. The molecule has 0 aliphatic carbocycles. The molecule has 136 valence electrons. The summed E-state index contributed by atoms with van der Waals surface area (Å²) in [5.74, 6) is -0.0313. The lowest BCUT2D eigenvalue weighted by atomic mass is 10.3. The van der Waals surface area contributed by atoms with Crippen molar-refractivity contribution >= 4 is 22.6 Å². The van der Waals surface area contributed by atoms with E-state index >= 15 is 0 Å². The number of rotatable bonds is 7. The van der Waals surface area contributed by atoms with E-state index < -0.39 is 0 Å². The molecule has 8 heteroatoms. The maximum absolute atomic E-state index is 12.5. The maximum atomic E-state index is 12.5. The number of para-hydroxylation sites is 2. The van der Waals surface area contributed by atoms with Gasteiger partial charge < -0.3 is 14.8 Å². The fourth-order valence-corrected chi connectivity index (χ4v) is 2.67. The number of carbonyl (C=O) groups excluding carboxylic acids is 1. The number of methoxy groups -OCH3 is 1. The number of anilines is 1. The first-order valence-electron chi connectivity index (χ1n) is 8.12. The highest BCUT2D eigenvalue weighted by atomic mass is 16.5. The van der Waals surface area contributed by atoms with Gasteiger partial charge in [0.25, 0.3) is 0 Å². The van der Waals surface area contributed by atoms with Crippen molar-refractivity contribution in [2.75, 3.05) is 25.6 Å². The molecule has 0 aliphatic rings. The summed E-state index contributed by atoms with van der Waals surface area (Å²) < 4.78 is 13.4. The fraction of sp³-hybridized carbons (Fsp3) is 0.278. The quantitative estimate of drug-likeness (QED) is 0.647. The van der Waals surface area contributed by atoms with E-state index in [2.05, 4.69) is 10.3 Å². The van der Waals surface area contributed by atoms with Crippen LogP contribution in [-0.2, 0) is 23.1 Å². The summed E-state index contributed by atoms with van der Waals surface area (Å²) in [4.78, 5) is 29.0. The number of aromatic nitrogens is 3. The van der Waals surface area contributed by atoms with Gasteiger partial charge in [-0.3, -0.25) is 13.9 Å². The smallest absolute Gasteiger partial charge is 0.329 e. The molecular formula is C18H20N4O4. The van der Waals surface area contributed by atoms with E-state index in [0.717, 1.165) is 5.52 Å². The molecule has 8 nitrogen and oxygen atoms in total. The molecule has 0 saturated carbocycles. The zero-order chi connectivity index (χ0) is 18.5. The molecule has 0 saturated heterocycles. The molecule has 1 amide bonds. The molecule has 0 fully saturated rings. The number of nitrogens with one attached hydrogen (secondary N) is 1. The standard InChI is InChI=1S/C18H20N4O4/c1-21-14-7-3-4-8-15(14)22(18(21)24)12-16(23)20-13-6-5-9-19-17(13)26-11-10-25-2/h3-9H,10-12H2,1-2H3,(H,20,23). The van der Waals surface area contributed by atoms with Crippen LogP contribution in [0.25, 0.3) is 11.0 Å². The van der Waals surface area contributed by atoms with Crippen LogP contribution in [0, 0.1) is 0 Å². The second kappa shape index (κ2) is 7.83. The molecule has 3 aromatic rings. The second-order valence-corrected chi connectivity index (χ2v) is 5.66. The zero-order valence-electron chi connectivity index (χ0n) is 14.6. The molecule has 2 aromatic heterocycles. The molecule has 2 heterocycles. The van der Waals surface area contributed by atoms with Crippen molar-refractivity contribution in [3.05, 3.63) is 53.1 Å². The number of ether oxygens (including phenoxy) is 2. The number of hydrogen-bond acceptors (Lipinski definition) is 5. The molecule has 0 spiro atoms. The zero-order valence-corrected chi connectivity index (χ0v) is 14.6. The largest absolute Gasteiger partial charge is 0.474 e. The average molecular weight is 356 g/mol. The van der Waals surface area contributed by atoms with Gasteiger partial charge >= 0.3 is 5.69 Å². The van der Waals surface area contributed by atoms with E-state index in [0.29, 0.717) is 30.3 Å². The van der Waals surface area contributed by atoms with Gasteiger partial charge in [0.2, 0.25) is 11.8 Å². The molecule has 26 heavy (non-hydrogen) atoms. The summed E-state index contributed by atoms with van der Waals surface area (Å²) in [6.45, 7) is 0.626. The Morgan fingerprint density at radius 2 is 1.92 bits per heavy atom. The molecule has 0 radical (unpaired) electrons. The SMILES string of the molecule is COCCOc1ncccc1NC(=O)Cn1c(=O)n(C)c2ccccc21. The van der Waals surface area contributed by atoms with E-state index in [9.17, 15) is 9.59 Å². The normalized spacial score (nSPS) is 10.8. The second-order valence-electron chi connectivity index (χ2n) is 5.66. The van der Waals surface area contributed by atoms with Gasteiger partial charge in [0.15, 0.2) is 0 Å². The Hall–Kier alpha value is -3.13. The van der Waals surface area contributed by atoms with E-state index in [4.69, 9.17) is 9.47 Å². The lowest BCUT2D eigenvalue weighted by Gasteiger charge is -2.11. The highest BCUT2D eigenvalue weighted by Crippen LogP contribution is 2.20. The number of benzene rings is 1. The van der Waals surface area contributed by atoms with Crippen LogP contribution in [0.3, 0.4) is 0 Å². The minimum atomic E-state index is -0.340. The lowest BCUT2D eigenvalue weighted by molar-refractivity contribution is -0.116. The third-order valence-electron chi connectivity index (χ3n) is 3.92. The van der Waals surface area contributed by atoms with E-state index in [1.165, 1.54) is 9.13 Å². The number of nitrogens with zero attached hydrogens (tertiary/aromatic N) is 3. The molecule has 1 aromatic carbocycles. The number of amides is 1. The number of fused-ring (bicyclic) bond motifs is 1. The Morgan fingerprint density at radius 3 is 2.69 bits per heavy atom. The Labute approximate surface area is 150 Å². The number of hydrogen-bond donors (Lipinski definition) is 1. The lowest BCUT2D eigenvalue weighted by Crippen LogP contribution is -2.28. The van der Waals surface area contributed by atoms with Crippen LogP contribution in [-0.4, -0.2) is 40.3 Å². The molecular weight excluding hydrogens is 336 g/mol. The molecule has 3 rings (SSSR count). The van der Waals surface area contributed by atoms with Crippen molar-refractivity contribution in [2.24, 2.45) is 7.05 Å². The van der Waals surface area contributed by atoms with Crippen molar-refractivity contribution in [2.45, 2.75) is 6.54 Å². The Balaban J connectivity index is 1.79. The fourth-order valence-electron chi connectivity index (χ4n) is 2.67. The molecule has 0 aliphatic heterocycles. The molecule has 1 N–H and O–H groups in total. The Morgan fingerprint density at radius 1 is 1.15 bits per heavy atom. The van der Waals surface area contributed by atoms with Gasteiger partial charge in [0.1, 0.15) is 18.8 Å². The predicted molar refractivity (Wildman–Crippen MR) is 97.4 cm³/mol. The highest BCUT2D eigenvalue weighted by Gasteiger charge is 2.15. The van der Waals surface area contributed by atoms with E-state index in [-0.39, 0.29) is 18.1 Å². The monoisotopic (exact) mass is 356 g/mol. The average Bonchev–Trinajstić information content (AvgIpc) is 2.89. The van der Waals surface area contributed by atoms with Crippen LogP contribution in [0.4, 0.5) is 5.69 Å². The summed E-state index contributed by atoms with van der Waals surface area (Å²) >= 11 is 0. The van der Waals surface area contributed by atoms with Crippen LogP contribution < -0.4 is 15.7 Å². The van der Waals surface area contributed by atoms with Crippen LogP contribution in [0.15, 0.2) is 47.4 Å². The van der Waals surface area contributed by atoms with Crippen molar-refractivity contribution in [1.29, 1.82) is 0 Å². The van der Waals surface area contributed by atoms with Gasteiger partial charge in [0.05, 0.1) is 17.6 Å². The van der Waals surface area contributed by atoms with Gasteiger partial charge in [-0.1, -0.05) is 12.1 Å². The number of carbonyl (C=O) groups is 1. The number of pyridine rings is 1. The summed E-state index contributed by atoms with van der Waals surface area (Å²) in [6.07, 6.45) is 1.58. The number of aryl methyl sites for hydroxylation is 1. The predicted octanol–water partition coefficient (Wildman–Crippen LogP) is 1.40. The first-order valence-corrected chi connectivity index (χ1v) is 8.12. The first kappa shape index (κ1) is 17.7. The van der Waals surface area contributed by atoms with Crippen molar-refractivity contribution in [3.63, 3.8) is 0 Å². The van der Waals surface area contributed by atoms with Gasteiger partial charge in [-0.2, -0.15) is 0 Å². The van der Waals surface area contributed by atoms with Crippen LogP contribution in [0.1, 0.15) is 0 Å². The topological polar surface area (TPSA) is 87.4 Å². The minimum absolute atomic E-state index is 0.105. The Kier molecular flexibility index (Phi) is 5.33. The Bertz CT molecular complexity index is 977. The molecule has 0 bridgehead atoms. The first-order chi connectivity index (χ1) is 12.6. The van der Waals surface area contributed by atoms with Crippen LogP contribution in [0.5, 0.6) is 5.88 Å². The van der Waals surface area contributed by atoms with Gasteiger partial charge in [-0.05, 0) is 24.3 Å². The third-order valence-corrected chi connectivity index (χ3v) is 3.92. The molecule has 0 atom stereocenters. The van der Waals surface area contributed by atoms with Crippen molar-refractivity contribution < 1.29 is 14.3 Å². The van der Waals surface area contributed by atoms with Crippen LogP contribution >= 0.6 is 0 Å². The maximum Gasteiger partial charge on any atom is 0.329 e. The van der Waals surface area contributed by atoms with Gasteiger partial charge in [-0.15, -0.1) is 0 Å². The summed E-state index contributed by atoms with van der Waals surface area (Å²) in [6, 6.07) is 10.7. The van der Waals surface area contributed by atoms with Gasteiger partial charge in [-0.25, -0.2) is 9.78 Å². The highest BCUT2D eigenvalue weighted by molar-refractivity contribution is 5.92. The molecule has 0 unspecified atom stereocenters. The van der Waals surface area contributed by atoms with Crippen molar-refractivity contribution in [1.82, 2.24) is 14.1 Å². The van der Waals surface area contributed by atoms with Gasteiger partial charge in [0, 0.05) is 20.4 Å². The van der Waals surface area contributed by atoms with E-state index in [1.54, 1.807) is 32.5 Å². The van der Waals surface area contributed by atoms with Crippen molar-refractivity contribution in [3.8, 4) is 5.88 Å².